The third kappa shape index (κ3) is 6.14. The predicted molar refractivity (Wildman–Crippen MR) is 84.5 cm³/mol. The molecule has 1 aliphatic rings. The number of ketones is 1. The van der Waals surface area contributed by atoms with Crippen LogP contribution in [0.15, 0.2) is 0 Å². The minimum Gasteiger partial charge on any atom is -0.394 e. The van der Waals surface area contributed by atoms with Crippen LogP contribution >= 0.6 is 11.8 Å². The van der Waals surface area contributed by atoms with Crippen LogP contribution < -0.4 is 0 Å². The minimum absolute atomic E-state index is 0.271. The highest BCUT2D eigenvalue weighted by Crippen LogP contribution is 2.29. The average Bonchev–Trinajstić information content (AvgIpc) is 2.46. The molecule has 1 fully saturated rings. The third-order valence-corrected chi connectivity index (χ3v) is 4.86. The molecule has 7 heteroatoms. The normalized spacial score (nSPS) is 32.4. The molecule has 1 aliphatic heterocycles. The Hall–Kier alpha value is -0.180. The van der Waals surface area contributed by atoms with Crippen molar-refractivity contribution in [3.05, 3.63) is 0 Å². The van der Waals surface area contributed by atoms with Crippen LogP contribution in [0.3, 0.4) is 0 Å². The van der Waals surface area contributed by atoms with Gasteiger partial charge in [0.05, 0.1) is 6.61 Å². The Morgan fingerprint density at radius 3 is 2.41 bits per heavy atom. The van der Waals surface area contributed by atoms with Crippen LogP contribution in [0.5, 0.6) is 0 Å². The molecule has 6 nitrogen and oxygen atoms in total. The predicted octanol–water partition coefficient (Wildman–Crippen LogP) is 0.305. The topological polar surface area (TPSA) is 107 Å². The first kappa shape index (κ1) is 19.9. The second-order valence-electron chi connectivity index (χ2n) is 6.16. The summed E-state index contributed by atoms with van der Waals surface area (Å²) in [7, 11) is 0. The third-order valence-electron chi connectivity index (χ3n) is 3.62. The van der Waals surface area contributed by atoms with Gasteiger partial charge in [0, 0.05) is 12.8 Å². The zero-order valence-corrected chi connectivity index (χ0v) is 14.0. The van der Waals surface area contributed by atoms with Crippen LogP contribution in [-0.4, -0.2) is 68.4 Å². The molecule has 4 N–H and O–H groups in total. The smallest absolute Gasteiger partial charge is 0.133 e. The molecule has 0 aromatic heterocycles. The number of ether oxygens (including phenoxy) is 1. The van der Waals surface area contributed by atoms with Crippen molar-refractivity contribution in [3.63, 3.8) is 0 Å². The minimum atomic E-state index is -1.32. The Balaban J connectivity index is 2.25. The molecule has 0 bridgehead atoms. The molecule has 0 aliphatic carbocycles. The van der Waals surface area contributed by atoms with E-state index in [1.165, 1.54) is 11.8 Å². The van der Waals surface area contributed by atoms with Gasteiger partial charge in [-0.2, -0.15) is 0 Å². The molecule has 0 amide bonds. The van der Waals surface area contributed by atoms with Crippen LogP contribution in [-0.2, 0) is 9.53 Å². The fourth-order valence-corrected chi connectivity index (χ4v) is 3.57. The number of aliphatic hydroxyl groups excluding tert-OH is 4. The molecule has 1 heterocycles. The molecule has 1 rings (SSSR count). The van der Waals surface area contributed by atoms with Crippen molar-refractivity contribution in [3.8, 4) is 0 Å². The van der Waals surface area contributed by atoms with Gasteiger partial charge in [-0.1, -0.05) is 13.8 Å². The van der Waals surface area contributed by atoms with Crippen LogP contribution in [0, 0.1) is 5.92 Å². The van der Waals surface area contributed by atoms with Crippen LogP contribution in [0.4, 0.5) is 0 Å². The molecular weight excluding hydrogens is 308 g/mol. The summed E-state index contributed by atoms with van der Waals surface area (Å²) in [6.07, 6.45) is -1.91. The molecule has 1 saturated heterocycles. The van der Waals surface area contributed by atoms with Crippen LogP contribution in [0.2, 0.25) is 0 Å². The van der Waals surface area contributed by atoms with Crippen molar-refractivity contribution in [1.29, 1.82) is 0 Å². The fraction of sp³-hybridized carbons (Fsp3) is 0.933. The van der Waals surface area contributed by atoms with Crippen LogP contribution in [0.25, 0.3) is 0 Å². The second-order valence-corrected chi connectivity index (χ2v) is 7.37. The zero-order valence-electron chi connectivity index (χ0n) is 13.2. The number of hydrogen-bond acceptors (Lipinski definition) is 7. The van der Waals surface area contributed by atoms with Crippen molar-refractivity contribution in [1.82, 2.24) is 0 Å². The van der Waals surface area contributed by atoms with Gasteiger partial charge in [-0.15, -0.1) is 11.8 Å². The molecule has 0 aromatic carbocycles. The Kier molecular flexibility index (Phi) is 8.89. The fourth-order valence-electron chi connectivity index (χ4n) is 2.39. The van der Waals surface area contributed by atoms with E-state index in [0.29, 0.717) is 24.5 Å². The summed E-state index contributed by atoms with van der Waals surface area (Å²) < 4.78 is 5.40. The van der Waals surface area contributed by atoms with Gasteiger partial charge in [0.1, 0.15) is 35.6 Å². The standard InChI is InChI=1S/C15H28O6S/c1-9(2)7-10(17)5-3-4-6-22-15-14(20)13(19)12(18)11(8-16)21-15/h9,11-16,18-20H,3-8H2,1-2H3. The SMILES string of the molecule is CC(C)CC(=O)CCCCSC1OC(CO)C(O)C(O)C1O. The van der Waals surface area contributed by atoms with E-state index >= 15 is 0 Å². The van der Waals surface area contributed by atoms with Crippen molar-refractivity contribution in [2.24, 2.45) is 5.92 Å². The molecule has 0 saturated carbocycles. The van der Waals surface area contributed by atoms with Gasteiger partial charge < -0.3 is 25.2 Å². The number of aliphatic hydroxyl groups is 4. The second kappa shape index (κ2) is 9.85. The first-order chi connectivity index (χ1) is 10.4. The molecule has 0 radical (unpaired) electrons. The lowest BCUT2D eigenvalue weighted by molar-refractivity contribution is -0.205. The Bertz CT molecular complexity index is 336. The van der Waals surface area contributed by atoms with Gasteiger partial charge in [0.15, 0.2) is 0 Å². The first-order valence-corrected chi connectivity index (χ1v) is 8.85. The Morgan fingerprint density at radius 2 is 1.82 bits per heavy atom. The number of hydrogen-bond donors (Lipinski definition) is 4. The molecule has 130 valence electrons. The average molecular weight is 336 g/mol. The van der Waals surface area contributed by atoms with E-state index in [-0.39, 0.29) is 5.78 Å². The first-order valence-electron chi connectivity index (χ1n) is 7.80. The lowest BCUT2D eigenvalue weighted by Crippen LogP contribution is -2.57. The monoisotopic (exact) mass is 336 g/mol. The summed E-state index contributed by atoms with van der Waals surface area (Å²) in [5.41, 5.74) is -0.679. The molecule has 0 aromatic rings. The lowest BCUT2D eigenvalue weighted by Gasteiger charge is -2.39. The number of unbranched alkanes of at least 4 members (excludes halogenated alkanes) is 1. The highest BCUT2D eigenvalue weighted by Gasteiger charge is 2.43. The Labute approximate surface area is 135 Å². The maximum absolute atomic E-state index is 11.6. The van der Waals surface area contributed by atoms with Gasteiger partial charge in [-0.3, -0.25) is 4.79 Å². The number of Topliss-reactive ketones (excluding diaryl/α,β-unsaturated/α-hetero) is 1. The van der Waals surface area contributed by atoms with E-state index in [2.05, 4.69) is 0 Å². The largest absolute Gasteiger partial charge is 0.394 e. The summed E-state index contributed by atoms with van der Waals surface area (Å²) in [6, 6.07) is 0. The van der Waals surface area contributed by atoms with Gasteiger partial charge in [-0.25, -0.2) is 0 Å². The molecule has 5 unspecified atom stereocenters. The molecule has 0 spiro atoms. The number of rotatable bonds is 9. The van der Waals surface area contributed by atoms with Crippen molar-refractivity contribution >= 4 is 17.5 Å². The van der Waals surface area contributed by atoms with Gasteiger partial charge >= 0.3 is 0 Å². The lowest BCUT2D eigenvalue weighted by atomic mass is 10.0. The summed E-state index contributed by atoms with van der Waals surface area (Å²) in [5.74, 6) is 1.33. The maximum Gasteiger partial charge on any atom is 0.133 e. The van der Waals surface area contributed by atoms with Gasteiger partial charge in [0.2, 0.25) is 0 Å². The summed E-state index contributed by atoms with van der Waals surface area (Å²) in [5, 5.41) is 38.3. The molecular formula is C15H28O6S. The highest BCUT2D eigenvalue weighted by atomic mass is 32.2. The van der Waals surface area contributed by atoms with E-state index in [4.69, 9.17) is 9.84 Å². The summed E-state index contributed by atoms with van der Waals surface area (Å²) in [4.78, 5) is 11.6. The number of carbonyl (C=O) groups excluding carboxylic acids is 1. The zero-order chi connectivity index (χ0) is 16.7. The van der Waals surface area contributed by atoms with Crippen molar-refractivity contribution < 1.29 is 30.0 Å². The summed E-state index contributed by atoms with van der Waals surface area (Å²) >= 11 is 1.33. The number of thioether (sulfide) groups is 1. The highest BCUT2D eigenvalue weighted by molar-refractivity contribution is 7.99. The van der Waals surface area contributed by atoms with Gasteiger partial charge in [-0.05, 0) is 24.5 Å². The molecule has 22 heavy (non-hydrogen) atoms. The van der Waals surface area contributed by atoms with E-state index in [9.17, 15) is 20.1 Å². The van der Waals surface area contributed by atoms with Crippen LogP contribution in [0.1, 0.15) is 39.5 Å². The van der Waals surface area contributed by atoms with E-state index in [1.807, 2.05) is 13.8 Å². The van der Waals surface area contributed by atoms with E-state index in [1.54, 1.807) is 0 Å². The maximum atomic E-state index is 11.6. The number of carbonyl (C=O) groups is 1. The molecule has 5 atom stereocenters. The van der Waals surface area contributed by atoms with Crippen molar-refractivity contribution in [2.45, 2.75) is 69.4 Å². The van der Waals surface area contributed by atoms with E-state index < -0.39 is 36.5 Å². The Morgan fingerprint density at radius 1 is 1.14 bits per heavy atom. The van der Waals surface area contributed by atoms with E-state index in [0.717, 1.165) is 12.8 Å². The van der Waals surface area contributed by atoms with Crippen molar-refractivity contribution in [2.75, 3.05) is 12.4 Å². The quantitative estimate of drug-likeness (QED) is 0.449. The summed E-state index contributed by atoms with van der Waals surface area (Å²) in [6.45, 7) is 3.63. The van der Waals surface area contributed by atoms with Gasteiger partial charge in [0.25, 0.3) is 0 Å².